The molecule has 1 unspecified atom stereocenters. The van der Waals surface area contributed by atoms with Gasteiger partial charge in [0.05, 0.1) is 4.47 Å². The SMILES string of the molecule is Cc1cnc(N2C[C@H]3CCC(N)C[C@H]3C2)c(Br)c1. The second-order valence-corrected chi connectivity index (χ2v) is 6.67. The van der Waals surface area contributed by atoms with Gasteiger partial charge in [-0.1, -0.05) is 0 Å². The highest BCUT2D eigenvalue weighted by Crippen LogP contribution is 2.38. The number of nitrogens with two attached hydrogens (primary N) is 1. The number of pyridine rings is 1. The number of rotatable bonds is 1. The molecule has 1 aromatic rings. The van der Waals surface area contributed by atoms with Crippen LogP contribution in [0.5, 0.6) is 0 Å². The van der Waals surface area contributed by atoms with E-state index in [0.29, 0.717) is 6.04 Å². The highest BCUT2D eigenvalue weighted by molar-refractivity contribution is 9.10. The van der Waals surface area contributed by atoms with E-state index in [1.165, 1.54) is 24.8 Å². The van der Waals surface area contributed by atoms with Crippen LogP contribution in [0.3, 0.4) is 0 Å². The van der Waals surface area contributed by atoms with Gasteiger partial charge in [0.1, 0.15) is 5.82 Å². The molecule has 0 spiro atoms. The van der Waals surface area contributed by atoms with Gasteiger partial charge in [0.25, 0.3) is 0 Å². The van der Waals surface area contributed by atoms with Crippen LogP contribution in [0, 0.1) is 18.8 Å². The summed E-state index contributed by atoms with van der Waals surface area (Å²) in [6.45, 7) is 4.34. The van der Waals surface area contributed by atoms with E-state index < -0.39 is 0 Å². The Morgan fingerprint density at radius 1 is 1.33 bits per heavy atom. The molecule has 0 amide bonds. The molecule has 98 valence electrons. The lowest BCUT2D eigenvalue weighted by molar-refractivity contribution is 0.271. The van der Waals surface area contributed by atoms with Crippen molar-refractivity contribution in [2.75, 3.05) is 18.0 Å². The van der Waals surface area contributed by atoms with E-state index >= 15 is 0 Å². The van der Waals surface area contributed by atoms with Crippen molar-refractivity contribution in [3.8, 4) is 0 Å². The fourth-order valence-corrected chi connectivity index (χ4v) is 4.11. The Bertz CT molecular complexity index is 449. The Balaban J connectivity index is 1.78. The minimum absolute atomic E-state index is 0.417. The topological polar surface area (TPSA) is 42.2 Å². The van der Waals surface area contributed by atoms with Crippen LogP contribution in [-0.4, -0.2) is 24.1 Å². The van der Waals surface area contributed by atoms with Crippen molar-refractivity contribution < 1.29 is 0 Å². The van der Waals surface area contributed by atoms with Crippen LogP contribution in [0.15, 0.2) is 16.7 Å². The van der Waals surface area contributed by atoms with E-state index in [9.17, 15) is 0 Å². The zero-order chi connectivity index (χ0) is 12.7. The average Bonchev–Trinajstić information content (AvgIpc) is 2.71. The van der Waals surface area contributed by atoms with Crippen LogP contribution in [0.4, 0.5) is 5.82 Å². The van der Waals surface area contributed by atoms with E-state index in [1.54, 1.807) is 0 Å². The van der Waals surface area contributed by atoms with E-state index in [2.05, 4.69) is 38.8 Å². The fraction of sp³-hybridized carbons (Fsp3) is 0.643. The van der Waals surface area contributed by atoms with E-state index in [0.717, 1.165) is 35.2 Å². The summed E-state index contributed by atoms with van der Waals surface area (Å²) in [5.74, 6) is 2.69. The summed E-state index contributed by atoms with van der Waals surface area (Å²) in [6.07, 6.45) is 5.61. The molecule has 1 aromatic heterocycles. The van der Waals surface area contributed by atoms with Crippen molar-refractivity contribution in [1.29, 1.82) is 0 Å². The first-order chi connectivity index (χ1) is 8.63. The van der Waals surface area contributed by atoms with Crippen LogP contribution in [0.1, 0.15) is 24.8 Å². The van der Waals surface area contributed by atoms with Gasteiger partial charge in [-0.3, -0.25) is 0 Å². The van der Waals surface area contributed by atoms with Gasteiger partial charge in [0.15, 0.2) is 0 Å². The normalized spacial score (nSPS) is 31.5. The lowest BCUT2D eigenvalue weighted by Gasteiger charge is -2.27. The summed E-state index contributed by atoms with van der Waals surface area (Å²) in [7, 11) is 0. The smallest absolute Gasteiger partial charge is 0.142 e. The van der Waals surface area contributed by atoms with Gasteiger partial charge in [-0.2, -0.15) is 0 Å². The molecule has 1 saturated carbocycles. The highest BCUT2D eigenvalue weighted by atomic mass is 79.9. The quantitative estimate of drug-likeness (QED) is 0.867. The second kappa shape index (κ2) is 4.82. The number of fused-ring (bicyclic) bond motifs is 1. The molecule has 2 aliphatic rings. The summed E-state index contributed by atoms with van der Waals surface area (Å²) in [4.78, 5) is 7.01. The molecule has 4 heteroatoms. The molecule has 3 nitrogen and oxygen atoms in total. The summed E-state index contributed by atoms with van der Waals surface area (Å²) in [5.41, 5.74) is 7.28. The maximum atomic E-state index is 6.08. The molecule has 2 N–H and O–H groups in total. The minimum atomic E-state index is 0.417. The Labute approximate surface area is 117 Å². The molecule has 2 fully saturated rings. The number of hydrogen-bond donors (Lipinski definition) is 1. The second-order valence-electron chi connectivity index (χ2n) is 5.82. The van der Waals surface area contributed by atoms with Crippen molar-refractivity contribution in [2.45, 2.75) is 32.2 Å². The van der Waals surface area contributed by atoms with Crippen molar-refractivity contribution in [3.63, 3.8) is 0 Å². The van der Waals surface area contributed by atoms with Crippen LogP contribution in [-0.2, 0) is 0 Å². The van der Waals surface area contributed by atoms with Crippen LogP contribution in [0.2, 0.25) is 0 Å². The van der Waals surface area contributed by atoms with Gasteiger partial charge in [0.2, 0.25) is 0 Å². The molecule has 0 bridgehead atoms. The fourth-order valence-electron chi connectivity index (χ4n) is 3.40. The van der Waals surface area contributed by atoms with Crippen LogP contribution < -0.4 is 10.6 Å². The molecule has 1 saturated heterocycles. The molecular weight excluding hydrogens is 290 g/mol. The Morgan fingerprint density at radius 2 is 2.11 bits per heavy atom. The van der Waals surface area contributed by atoms with E-state index in [1.807, 2.05) is 6.20 Å². The summed E-state index contributed by atoms with van der Waals surface area (Å²) >= 11 is 3.64. The van der Waals surface area contributed by atoms with Gasteiger partial charge in [0, 0.05) is 25.3 Å². The van der Waals surface area contributed by atoms with E-state index in [-0.39, 0.29) is 0 Å². The van der Waals surface area contributed by atoms with Gasteiger partial charge in [-0.05, 0) is 65.6 Å². The number of aromatic nitrogens is 1. The number of hydrogen-bond acceptors (Lipinski definition) is 3. The maximum Gasteiger partial charge on any atom is 0.142 e. The Kier molecular flexibility index (Phi) is 3.32. The van der Waals surface area contributed by atoms with Crippen molar-refractivity contribution in [1.82, 2.24) is 4.98 Å². The number of halogens is 1. The molecule has 0 aromatic carbocycles. The minimum Gasteiger partial charge on any atom is -0.355 e. The van der Waals surface area contributed by atoms with Gasteiger partial charge < -0.3 is 10.6 Å². The predicted octanol–water partition coefficient (Wildman–Crippen LogP) is 2.72. The van der Waals surface area contributed by atoms with Gasteiger partial charge >= 0.3 is 0 Å². The molecule has 3 atom stereocenters. The third kappa shape index (κ3) is 2.28. The van der Waals surface area contributed by atoms with Crippen LogP contribution in [0.25, 0.3) is 0 Å². The molecule has 1 aliphatic heterocycles. The lowest BCUT2D eigenvalue weighted by atomic mass is 9.79. The van der Waals surface area contributed by atoms with Crippen molar-refractivity contribution in [2.24, 2.45) is 17.6 Å². The molecule has 1 aliphatic carbocycles. The first kappa shape index (κ1) is 12.4. The number of nitrogens with zero attached hydrogens (tertiary/aromatic N) is 2. The third-order valence-corrected chi connectivity index (χ3v) is 4.93. The lowest BCUT2D eigenvalue weighted by Crippen LogP contribution is -2.32. The predicted molar refractivity (Wildman–Crippen MR) is 77.7 cm³/mol. The molecule has 0 radical (unpaired) electrons. The van der Waals surface area contributed by atoms with Crippen LogP contribution >= 0.6 is 15.9 Å². The van der Waals surface area contributed by atoms with E-state index in [4.69, 9.17) is 5.73 Å². The first-order valence-electron chi connectivity index (χ1n) is 6.76. The molecule has 3 rings (SSSR count). The standard InChI is InChI=1S/C14H20BrN3/c1-9-4-13(15)14(17-6-9)18-7-10-2-3-12(16)5-11(10)8-18/h4,6,10-12H,2-3,5,7-8,16H2,1H3/t10-,11+,12?/m1/s1. The number of aryl methyl sites for hydroxylation is 1. The largest absolute Gasteiger partial charge is 0.355 e. The average molecular weight is 310 g/mol. The van der Waals surface area contributed by atoms with Crippen molar-refractivity contribution in [3.05, 3.63) is 22.3 Å². The highest BCUT2D eigenvalue weighted by Gasteiger charge is 2.37. The van der Waals surface area contributed by atoms with Crippen molar-refractivity contribution >= 4 is 21.7 Å². The number of anilines is 1. The van der Waals surface area contributed by atoms with Gasteiger partial charge in [-0.15, -0.1) is 0 Å². The molecular formula is C14H20BrN3. The summed E-state index contributed by atoms with van der Waals surface area (Å²) in [6, 6.07) is 2.57. The Hall–Kier alpha value is -0.610. The molecule has 18 heavy (non-hydrogen) atoms. The zero-order valence-electron chi connectivity index (χ0n) is 10.8. The molecule has 2 heterocycles. The zero-order valence-corrected chi connectivity index (χ0v) is 12.4. The van der Waals surface area contributed by atoms with Gasteiger partial charge in [-0.25, -0.2) is 4.98 Å². The summed E-state index contributed by atoms with van der Waals surface area (Å²) in [5, 5.41) is 0. The monoisotopic (exact) mass is 309 g/mol. The Morgan fingerprint density at radius 3 is 2.89 bits per heavy atom. The summed E-state index contributed by atoms with van der Waals surface area (Å²) < 4.78 is 1.12. The first-order valence-corrected chi connectivity index (χ1v) is 7.55. The third-order valence-electron chi connectivity index (χ3n) is 4.35. The maximum absolute atomic E-state index is 6.08.